The third-order valence-corrected chi connectivity index (χ3v) is 5.75. The lowest BCUT2D eigenvalue weighted by Crippen LogP contribution is -2.27. The second-order valence-corrected chi connectivity index (χ2v) is 7.88. The minimum atomic E-state index is 0.206. The Morgan fingerprint density at radius 2 is 1.69 bits per heavy atom. The Kier molecular flexibility index (Phi) is 10.4. The average Bonchev–Trinajstić information content (AvgIpc) is 2.71. The molecule has 0 atom stereocenters. The van der Waals surface area contributed by atoms with Crippen molar-refractivity contribution in [3.8, 4) is 11.5 Å². The molecule has 29 heavy (non-hydrogen) atoms. The summed E-state index contributed by atoms with van der Waals surface area (Å²) < 4.78 is 11.4. The number of hydrogen-bond donors (Lipinski definition) is 1. The van der Waals surface area contributed by atoms with Gasteiger partial charge >= 0.3 is 0 Å². The van der Waals surface area contributed by atoms with Gasteiger partial charge in [-0.25, -0.2) is 0 Å². The molecule has 0 unspecified atom stereocenters. The Morgan fingerprint density at radius 1 is 1.00 bits per heavy atom. The van der Waals surface area contributed by atoms with Gasteiger partial charge < -0.3 is 19.7 Å². The molecule has 0 aromatic heterocycles. The molecule has 2 aromatic carbocycles. The third kappa shape index (κ3) is 7.23. The summed E-state index contributed by atoms with van der Waals surface area (Å²) in [7, 11) is 1.60. The van der Waals surface area contributed by atoms with E-state index in [0.29, 0.717) is 38.7 Å². The average molecular weight is 460 g/mol. The SMILES string of the molecule is CCN(CC)CCCNCc1cc(Cl)c(OCc2c(Cl)cccc2Cl)c(OC)c1. The second-order valence-electron chi connectivity index (χ2n) is 6.66. The first-order chi connectivity index (χ1) is 14.0. The lowest BCUT2D eigenvalue weighted by atomic mass is 10.2. The predicted molar refractivity (Wildman–Crippen MR) is 123 cm³/mol. The highest BCUT2D eigenvalue weighted by Crippen LogP contribution is 2.38. The van der Waals surface area contributed by atoms with Crippen LogP contribution in [0.5, 0.6) is 11.5 Å². The van der Waals surface area contributed by atoms with Crippen LogP contribution < -0.4 is 14.8 Å². The van der Waals surface area contributed by atoms with E-state index in [9.17, 15) is 0 Å². The molecule has 0 amide bonds. The van der Waals surface area contributed by atoms with Crippen molar-refractivity contribution in [3.63, 3.8) is 0 Å². The number of benzene rings is 2. The van der Waals surface area contributed by atoms with Gasteiger partial charge in [0.25, 0.3) is 0 Å². The van der Waals surface area contributed by atoms with Gasteiger partial charge in [-0.05, 0) is 62.4 Å². The van der Waals surface area contributed by atoms with Crippen molar-refractivity contribution in [1.82, 2.24) is 10.2 Å². The maximum Gasteiger partial charge on any atom is 0.180 e. The van der Waals surface area contributed by atoms with Crippen LogP contribution in [-0.2, 0) is 13.2 Å². The molecule has 0 saturated heterocycles. The Hall–Kier alpha value is -1.17. The molecule has 1 N–H and O–H groups in total. The topological polar surface area (TPSA) is 33.7 Å². The minimum Gasteiger partial charge on any atom is -0.493 e. The normalized spacial score (nSPS) is 11.1. The van der Waals surface area contributed by atoms with E-state index in [0.717, 1.165) is 38.2 Å². The molecule has 0 bridgehead atoms. The molecule has 4 nitrogen and oxygen atoms in total. The van der Waals surface area contributed by atoms with E-state index in [-0.39, 0.29) is 6.61 Å². The van der Waals surface area contributed by atoms with E-state index in [2.05, 4.69) is 24.1 Å². The maximum atomic E-state index is 6.47. The molecule has 2 rings (SSSR count). The molecule has 0 aliphatic rings. The number of nitrogens with zero attached hydrogens (tertiary/aromatic N) is 1. The monoisotopic (exact) mass is 458 g/mol. The third-order valence-electron chi connectivity index (χ3n) is 4.76. The van der Waals surface area contributed by atoms with Crippen LogP contribution in [0.4, 0.5) is 0 Å². The first-order valence-corrected chi connectivity index (χ1v) is 11.0. The summed E-state index contributed by atoms with van der Waals surface area (Å²) in [6.45, 7) is 9.51. The van der Waals surface area contributed by atoms with Crippen molar-refractivity contribution in [2.75, 3.05) is 33.3 Å². The first-order valence-electron chi connectivity index (χ1n) is 9.85. The Labute approximate surface area is 189 Å². The van der Waals surface area contributed by atoms with Crippen molar-refractivity contribution in [1.29, 1.82) is 0 Å². The quantitative estimate of drug-likeness (QED) is 0.391. The largest absolute Gasteiger partial charge is 0.493 e. The first kappa shape index (κ1) is 24.1. The summed E-state index contributed by atoms with van der Waals surface area (Å²) in [5.74, 6) is 1.07. The molecule has 0 saturated carbocycles. The smallest absolute Gasteiger partial charge is 0.180 e. The van der Waals surface area contributed by atoms with Crippen LogP contribution in [0.15, 0.2) is 30.3 Å². The Balaban J connectivity index is 1.96. The van der Waals surface area contributed by atoms with E-state index >= 15 is 0 Å². The van der Waals surface area contributed by atoms with Gasteiger partial charge in [-0.1, -0.05) is 54.7 Å². The van der Waals surface area contributed by atoms with E-state index in [1.807, 2.05) is 12.1 Å². The zero-order valence-corrected chi connectivity index (χ0v) is 19.5. The molecule has 0 fully saturated rings. The van der Waals surface area contributed by atoms with Gasteiger partial charge in [0.2, 0.25) is 0 Å². The number of ether oxygens (including phenoxy) is 2. The van der Waals surface area contributed by atoms with E-state index in [4.69, 9.17) is 44.3 Å². The van der Waals surface area contributed by atoms with Crippen LogP contribution in [0.2, 0.25) is 15.1 Å². The van der Waals surface area contributed by atoms with Crippen LogP contribution in [0.3, 0.4) is 0 Å². The zero-order chi connectivity index (χ0) is 21.2. The summed E-state index contributed by atoms with van der Waals surface area (Å²) in [6, 6.07) is 9.18. The predicted octanol–water partition coefficient (Wildman–Crippen LogP) is 6.06. The van der Waals surface area contributed by atoms with Gasteiger partial charge in [0.15, 0.2) is 11.5 Å². The summed E-state index contributed by atoms with van der Waals surface area (Å²) in [5, 5.41) is 5.06. The van der Waals surface area contributed by atoms with Gasteiger partial charge in [0, 0.05) is 22.2 Å². The molecule has 0 aliphatic carbocycles. The van der Waals surface area contributed by atoms with Crippen molar-refractivity contribution in [2.45, 2.75) is 33.4 Å². The highest BCUT2D eigenvalue weighted by atomic mass is 35.5. The lowest BCUT2D eigenvalue weighted by Gasteiger charge is -2.18. The molecular formula is C22H29Cl3N2O2. The van der Waals surface area contributed by atoms with Gasteiger partial charge in [-0.3, -0.25) is 0 Å². The van der Waals surface area contributed by atoms with Crippen molar-refractivity contribution < 1.29 is 9.47 Å². The van der Waals surface area contributed by atoms with Crippen LogP contribution in [0, 0.1) is 0 Å². The summed E-state index contributed by atoms with van der Waals surface area (Å²) >= 11 is 18.9. The fourth-order valence-electron chi connectivity index (χ4n) is 3.03. The highest BCUT2D eigenvalue weighted by molar-refractivity contribution is 6.36. The fraction of sp³-hybridized carbons (Fsp3) is 0.455. The number of rotatable bonds is 12. The zero-order valence-electron chi connectivity index (χ0n) is 17.2. The van der Waals surface area contributed by atoms with E-state index < -0.39 is 0 Å². The summed E-state index contributed by atoms with van der Waals surface area (Å²) in [4.78, 5) is 2.42. The van der Waals surface area contributed by atoms with Crippen LogP contribution in [0.25, 0.3) is 0 Å². The molecule has 0 heterocycles. The van der Waals surface area contributed by atoms with Crippen molar-refractivity contribution >= 4 is 34.8 Å². The highest BCUT2D eigenvalue weighted by Gasteiger charge is 2.14. The van der Waals surface area contributed by atoms with Crippen LogP contribution >= 0.6 is 34.8 Å². The molecule has 0 spiro atoms. The van der Waals surface area contributed by atoms with Gasteiger partial charge in [-0.15, -0.1) is 0 Å². The fourth-order valence-corrected chi connectivity index (χ4v) is 3.82. The van der Waals surface area contributed by atoms with Gasteiger partial charge in [0.05, 0.1) is 12.1 Å². The van der Waals surface area contributed by atoms with Crippen molar-refractivity contribution in [2.24, 2.45) is 0 Å². The lowest BCUT2D eigenvalue weighted by molar-refractivity contribution is 0.284. The van der Waals surface area contributed by atoms with E-state index in [1.54, 1.807) is 25.3 Å². The van der Waals surface area contributed by atoms with E-state index in [1.165, 1.54) is 0 Å². The number of hydrogen-bond acceptors (Lipinski definition) is 4. The van der Waals surface area contributed by atoms with Gasteiger partial charge in [-0.2, -0.15) is 0 Å². The minimum absolute atomic E-state index is 0.206. The molecular weight excluding hydrogens is 431 g/mol. The van der Waals surface area contributed by atoms with Crippen LogP contribution in [0.1, 0.15) is 31.4 Å². The standard InChI is InChI=1S/C22H29Cl3N2O2/c1-4-27(5-2)11-7-10-26-14-16-12-20(25)22(21(13-16)28-3)29-15-17-18(23)8-6-9-19(17)24/h6,8-9,12-13,26H,4-5,7,10-11,14-15H2,1-3H3. The van der Waals surface area contributed by atoms with Crippen molar-refractivity contribution in [3.05, 3.63) is 56.5 Å². The molecule has 160 valence electrons. The Morgan fingerprint density at radius 3 is 2.31 bits per heavy atom. The van der Waals surface area contributed by atoms with Gasteiger partial charge in [0.1, 0.15) is 6.61 Å². The molecule has 7 heteroatoms. The molecule has 0 radical (unpaired) electrons. The number of halogens is 3. The summed E-state index contributed by atoms with van der Waals surface area (Å²) in [6.07, 6.45) is 1.10. The second kappa shape index (κ2) is 12.5. The number of nitrogens with one attached hydrogen (secondary N) is 1. The van der Waals surface area contributed by atoms with Crippen LogP contribution in [-0.4, -0.2) is 38.2 Å². The maximum absolute atomic E-state index is 6.47. The molecule has 0 aliphatic heterocycles. The Bertz CT molecular complexity index is 763. The number of methoxy groups -OCH3 is 1. The molecule has 2 aromatic rings. The summed E-state index contributed by atoms with van der Waals surface area (Å²) in [5.41, 5.74) is 1.76.